The summed E-state index contributed by atoms with van der Waals surface area (Å²) in [7, 11) is 0. The van der Waals surface area contributed by atoms with Gasteiger partial charge < -0.3 is 10.1 Å². The molecule has 1 atom stereocenters. The van der Waals surface area contributed by atoms with E-state index in [1.165, 1.54) is 12.1 Å². The third-order valence-electron chi connectivity index (χ3n) is 3.42. The molecule has 6 nitrogen and oxygen atoms in total. The van der Waals surface area contributed by atoms with Gasteiger partial charge in [-0.2, -0.15) is 0 Å². The van der Waals surface area contributed by atoms with Gasteiger partial charge in [-0.3, -0.25) is 14.9 Å². The number of hydrogen-bond donors (Lipinski definition) is 1. The van der Waals surface area contributed by atoms with Crippen LogP contribution in [0.25, 0.3) is 0 Å². The molecule has 0 heterocycles. The van der Waals surface area contributed by atoms with Gasteiger partial charge in [0.1, 0.15) is 0 Å². The number of halogens is 1. The van der Waals surface area contributed by atoms with Gasteiger partial charge in [0.15, 0.2) is 12.4 Å². The lowest BCUT2D eigenvalue weighted by Crippen LogP contribution is -2.31. The lowest BCUT2D eigenvalue weighted by Gasteiger charge is -2.15. The summed E-state index contributed by atoms with van der Waals surface area (Å²) in [5.74, 6) is -0.289. The van der Waals surface area contributed by atoms with E-state index in [9.17, 15) is 14.9 Å². The van der Waals surface area contributed by atoms with Gasteiger partial charge in [-0.25, -0.2) is 0 Å². The molecule has 2 aromatic rings. The van der Waals surface area contributed by atoms with E-state index >= 15 is 0 Å². The highest BCUT2D eigenvalue weighted by Gasteiger charge is 2.17. The second-order valence-electron chi connectivity index (χ2n) is 5.36. The SMILES string of the molecule is Cc1ccc([N+](=O)[O-])c(OCC(=O)NC(C)c2ccc(Cl)cc2)c1. The molecule has 0 bridgehead atoms. The molecule has 0 radical (unpaired) electrons. The summed E-state index contributed by atoms with van der Waals surface area (Å²) >= 11 is 5.83. The third-order valence-corrected chi connectivity index (χ3v) is 3.67. The molecule has 126 valence electrons. The molecule has 0 aliphatic rings. The minimum absolute atomic E-state index is 0.0781. The van der Waals surface area contributed by atoms with Crippen LogP contribution in [0.15, 0.2) is 42.5 Å². The van der Waals surface area contributed by atoms with Crippen molar-refractivity contribution in [3.8, 4) is 5.75 Å². The van der Waals surface area contributed by atoms with Gasteiger partial charge in [0, 0.05) is 11.1 Å². The summed E-state index contributed by atoms with van der Waals surface area (Å²) in [4.78, 5) is 22.4. The predicted molar refractivity (Wildman–Crippen MR) is 91.3 cm³/mol. The summed E-state index contributed by atoms with van der Waals surface area (Å²) in [6, 6.07) is 11.4. The Morgan fingerprint density at radius 2 is 1.96 bits per heavy atom. The van der Waals surface area contributed by atoms with Crippen LogP contribution in [0.2, 0.25) is 5.02 Å². The Kier molecular flexibility index (Phi) is 5.76. The third kappa shape index (κ3) is 4.70. The topological polar surface area (TPSA) is 81.5 Å². The molecule has 7 heteroatoms. The largest absolute Gasteiger partial charge is 0.477 e. The molecular formula is C17H17ClN2O4. The highest BCUT2D eigenvalue weighted by molar-refractivity contribution is 6.30. The lowest BCUT2D eigenvalue weighted by molar-refractivity contribution is -0.385. The highest BCUT2D eigenvalue weighted by atomic mass is 35.5. The minimum atomic E-state index is -0.539. The number of carbonyl (C=O) groups excluding carboxylic acids is 1. The highest BCUT2D eigenvalue weighted by Crippen LogP contribution is 2.27. The monoisotopic (exact) mass is 348 g/mol. The first-order chi connectivity index (χ1) is 11.4. The zero-order valence-electron chi connectivity index (χ0n) is 13.3. The molecule has 1 N–H and O–H groups in total. The minimum Gasteiger partial charge on any atom is -0.477 e. The lowest BCUT2D eigenvalue weighted by atomic mass is 10.1. The number of nitrogens with zero attached hydrogens (tertiary/aromatic N) is 1. The standard InChI is InChI=1S/C17H17ClN2O4/c1-11-3-8-15(20(22)23)16(9-11)24-10-17(21)19-12(2)13-4-6-14(18)7-5-13/h3-9,12H,10H2,1-2H3,(H,19,21). The fourth-order valence-corrected chi connectivity index (χ4v) is 2.28. The van der Waals surface area contributed by atoms with Gasteiger partial charge in [-0.1, -0.05) is 29.8 Å². The van der Waals surface area contributed by atoms with E-state index in [4.69, 9.17) is 16.3 Å². The maximum Gasteiger partial charge on any atom is 0.310 e. The molecule has 2 aromatic carbocycles. The van der Waals surface area contributed by atoms with Crippen LogP contribution in [0, 0.1) is 17.0 Å². The molecule has 1 amide bonds. The number of nitro groups is 1. The zero-order chi connectivity index (χ0) is 17.7. The molecule has 0 fully saturated rings. The molecule has 24 heavy (non-hydrogen) atoms. The first-order valence-corrected chi connectivity index (χ1v) is 7.67. The summed E-state index contributed by atoms with van der Waals surface area (Å²) < 4.78 is 5.32. The summed E-state index contributed by atoms with van der Waals surface area (Å²) in [5.41, 5.74) is 1.54. The number of rotatable bonds is 6. The quantitative estimate of drug-likeness (QED) is 0.635. The average Bonchev–Trinajstić information content (AvgIpc) is 2.53. The van der Waals surface area contributed by atoms with Crippen molar-refractivity contribution in [3.63, 3.8) is 0 Å². The Hall–Kier alpha value is -2.60. The fraction of sp³-hybridized carbons (Fsp3) is 0.235. The Balaban J connectivity index is 1.97. The van der Waals surface area contributed by atoms with E-state index in [0.717, 1.165) is 11.1 Å². The van der Waals surface area contributed by atoms with Crippen LogP contribution in [0.3, 0.4) is 0 Å². The Bertz CT molecular complexity index is 747. The van der Waals surface area contributed by atoms with Crippen molar-refractivity contribution in [2.75, 3.05) is 6.61 Å². The van der Waals surface area contributed by atoms with Crippen LogP contribution in [-0.2, 0) is 4.79 Å². The van der Waals surface area contributed by atoms with Gasteiger partial charge in [-0.15, -0.1) is 0 Å². The molecular weight excluding hydrogens is 332 g/mol. The van der Waals surface area contributed by atoms with Crippen molar-refractivity contribution in [1.29, 1.82) is 0 Å². The molecule has 0 saturated carbocycles. The predicted octanol–water partition coefficient (Wildman–Crippen LogP) is 3.81. The van der Waals surface area contributed by atoms with E-state index in [1.54, 1.807) is 25.1 Å². The number of nitro benzene ring substituents is 1. The number of ether oxygens (including phenoxy) is 1. The van der Waals surface area contributed by atoms with E-state index in [1.807, 2.05) is 19.1 Å². The van der Waals surface area contributed by atoms with E-state index < -0.39 is 4.92 Å². The van der Waals surface area contributed by atoms with Crippen molar-refractivity contribution >= 4 is 23.2 Å². The second kappa shape index (κ2) is 7.79. The average molecular weight is 349 g/mol. The summed E-state index contributed by atoms with van der Waals surface area (Å²) in [6.45, 7) is 3.32. The van der Waals surface area contributed by atoms with Crippen molar-refractivity contribution in [2.24, 2.45) is 0 Å². The number of benzene rings is 2. The van der Waals surface area contributed by atoms with Crippen molar-refractivity contribution in [1.82, 2.24) is 5.32 Å². The molecule has 0 spiro atoms. The molecule has 0 aromatic heterocycles. The zero-order valence-corrected chi connectivity index (χ0v) is 14.0. The van der Waals surface area contributed by atoms with E-state index in [0.29, 0.717) is 5.02 Å². The normalized spacial score (nSPS) is 11.6. The van der Waals surface area contributed by atoms with E-state index in [-0.39, 0.29) is 30.0 Å². The Labute approximate surface area is 144 Å². The molecule has 0 aliphatic heterocycles. The number of nitrogens with one attached hydrogen (secondary N) is 1. The smallest absolute Gasteiger partial charge is 0.310 e. The summed E-state index contributed by atoms with van der Waals surface area (Å²) in [5, 5.41) is 14.4. The molecule has 2 rings (SSSR count). The van der Waals surface area contributed by atoms with Crippen molar-refractivity contribution in [2.45, 2.75) is 19.9 Å². The number of amides is 1. The fourth-order valence-electron chi connectivity index (χ4n) is 2.15. The Morgan fingerprint density at radius 3 is 2.58 bits per heavy atom. The van der Waals surface area contributed by atoms with Gasteiger partial charge in [0.25, 0.3) is 5.91 Å². The maximum absolute atomic E-state index is 12.0. The molecule has 0 aliphatic carbocycles. The van der Waals surface area contributed by atoms with Gasteiger partial charge >= 0.3 is 5.69 Å². The molecule has 0 saturated heterocycles. The first-order valence-electron chi connectivity index (χ1n) is 7.29. The maximum atomic E-state index is 12.0. The van der Waals surface area contributed by atoms with Crippen molar-refractivity contribution < 1.29 is 14.5 Å². The molecule has 1 unspecified atom stereocenters. The van der Waals surface area contributed by atoms with Crippen LogP contribution in [0.5, 0.6) is 5.75 Å². The van der Waals surface area contributed by atoms with Crippen LogP contribution < -0.4 is 10.1 Å². The first kappa shape index (κ1) is 17.7. The summed E-state index contributed by atoms with van der Waals surface area (Å²) in [6.07, 6.45) is 0. The number of carbonyl (C=O) groups is 1. The van der Waals surface area contributed by atoms with Gasteiger partial charge in [-0.05, 0) is 43.2 Å². The van der Waals surface area contributed by atoms with Crippen LogP contribution in [0.4, 0.5) is 5.69 Å². The Morgan fingerprint density at radius 1 is 1.29 bits per heavy atom. The van der Waals surface area contributed by atoms with Crippen molar-refractivity contribution in [3.05, 3.63) is 68.7 Å². The number of aryl methyl sites for hydroxylation is 1. The van der Waals surface area contributed by atoms with Gasteiger partial charge in [0.05, 0.1) is 11.0 Å². The van der Waals surface area contributed by atoms with Crippen LogP contribution in [-0.4, -0.2) is 17.4 Å². The number of hydrogen-bond acceptors (Lipinski definition) is 4. The van der Waals surface area contributed by atoms with E-state index in [2.05, 4.69) is 5.32 Å². The van der Waals surface area contributed by atoms with Gasteiger partial charge in [0.2, 0.25) is 0 Å². The van der Waals surface area contributed by atoms with Crippen LogP contribution >= 0.6 is 11.6 Å². The second-order valence-corrected chi connectivity index (χ2v) is 5.79. The van der Waals surface area contributed by atoms with Crippen LogP contribution in [0.1, 0.15) is 24.1 Å².